The summed E-state index contributed by atoms with van der Waals surface area (Å²) in [7, 11) is 0. The van der Waals surface area contributed by atoms with Crippen molar-refractivity contribution in [1.82, 2.24) is 16.0 Å². The summed E-state index contributed by atoms with van der Waals surface area (Å²) < 4.78 is 0. The van der Waals surface area contributed by atoms with Gasteiger partial charge in [-0.05, 0) is 38.1 Å². The number of amides is 2. The normalized spacial score (nSPS) is 25.0. The van der Waals surface area contributed by atoms with Crippen LogP contribution in [-0.4, -0.2) is 37.5 Å². The van der Waals surface area contributed by atoms with E-state index in [1.54, 1.807) is 0 Å². The predicted molar refractivity (Wildman–Crippen MR) is 59.8 cm³/mol. The third kappa shape index (κ3) is 3.48. The van der Waals surface area contributed by atoms with Crippen molar-refractivity contribution in [2.45, 2.75) is 31.7 Å². The lowest BCUT2D eigenvalue weighted by atomic mass is 10.1. The Morgan fingerprint density at radius 3 is 2.88 bits per heavy atom. The van der Waals surface area contributed by atoms with Gasteiger partial charge in [0, 0.05) is 6.54 Å². The van der Waals surface area contributed by atoms with Gasteiger partial charge in [0.1, 0.15) is 6.04 Å². The summed E-state index contributed by atoms with van der Waals surface area (Å²) in [5.74, 6) is 0.635. The number of rotatable bonds is 5. The molecule has 5 heteroatoms. The molecular weight excluding hydrogens is 206 g/mol. The first-order valence-electron chi connectivity index (χ1n) is 6.03. The zero-order valence-corrected chi connectivity index (χ0v) is 9.42. The monoisotopic (exact) mass is 225 g/mol. The summed E-state index contributed by atoms with van der Waals surface area (Å²) >= 11 is 0. The molecule has 2 rings (SSSR count). The maximum Gasteiger partial charge on any atom is 0.242 e. The highest BCUT2D eigenvalue weighted by Gasteiger charge is 2.24. The zero-order valence-electron chi connectivity index (χ0n) is 9.42. The number of hydrogen-bond donors (Lipinski definition) is 3. The number of hydrogen-bond acceptors (Lipinski definition) is 3. The molecule has 1 atom stereocenters. The molecule has 1 saturated carbocycles. The van der Waals surface area contributed by atoms with E-state index in [0.29, 0.717) is 6.54 Å². The molecule has 1 aliphatic heterocycles. The predicted octanol–water partition coefficient (Wildman–Crippen LogP) is -0.619. The molecule has 0 aromatic rings. The van der Waals surface area contributed by atoms with Crippen LogP contribution in [0, 0.1) is 5.92 Å². The lowest BCUT2D eigenvalue weighted by molar-refractivity contribution is -0.129. The maximum absolute atomic E-state index is 11.5. The second-order valence-corrected chi connectivity index (χ2v) is 4.63. The average Bonchev–Trinajstić information content (AvgIpc) is 3.05. The van der Waals surface area contributed by atoms with Gasteiger partial charge in [0.2, 0.25) is 11.8 Å². The summed E-state index contributed by atoms with van der Waals surface area (Å²) in [6.07, 6.45) is 4.24. The molecule has 2 amide bonds. The molecule has 0 bridgehead atoms. The van der Waals surface area contributed by atoms with Gasteiger partial charge in [-0.2, -0.15) is 0 Å². The number of carbonyl (C=O) groups is 2. The van der Waals surface area contributed by atoms with E-state index in [1.807, 2.05) is 0 Å². The Labute approximate surface area is 95.3 Å². The van der Waals surface area contributed by atoms with Crippen LogP contribution >= 0.6 is 0 Å². The van der Waals surface area contributed by atoms with Gasteiger partial charge >= 0.3 is 0 Å². The average molecular weight is 225 g/mol. The molecular formula is C11H19N3O2. The molecule has 16 heavy (non-hydrogen) atoms. The van der Waals surface area contributed by atoms with Crippen LogP contribution in [0.15, 0.2) is 0 Å². The summed E-state index contributed by atoms with van der Waals surface area (Å²) in [5.41, 5.74) is 0. The SMILES string of the molecule is O=C(CNCC1CC1)NC1CCCNC1=O. The zero-order chi connectivity index (χ0) is 11.4. The van der Waals surface area contributed by atoms with E-state index in [1.165, 1.54) is 12.8 Å². The molecule has 1 saturated heterocycles. The molecule has 90 valence electrons. The molecule has 1 unspecified atom stereocenters. The Kier molecular flexibility index (Phi) is 3.77. The standard InChI is InChI=1S/C11H19N3O2/c15-10(7-12-6-8-3-4-8)14-9-2-1-5-13-11(9)16/h8-9,12H,1-7H2,(H,13,16)(H,14,15). The highest BCUT2D eigenvalue weighted by molar-refractivity contribution is 5.88. The first-order chi connectivity index (χ1) is 7.75. The van der Waals surface area contributed by atoms with Gasteiger partial charge in [0.05, 0.1) is 6.54 Å². The Bertz CT molecular complexity index is 276. The van der Waals surface area contributed by atoms with Crippen LogP contribution in [-0.2, 0) is 9.59 Å². The first kappa shape index (κ1) is 11.4. The van der Waals surface area contributed by atoms with E-state index in [4.69, 9.17) is 0 Å². The molecule has 3 N–H and O–H groups in total. The largest absolute Gasteiger partial charge is 0.354 e. The summed E-state index contributed by atoms with van der Waals surface area (Å²) in [5, 5.41) is 8.60. The Balaban J connectivity index is 1.62. The minimum absolute atomic E-state index is 0.0539. The van der Waals surface area contributed by atoms with Crippen LogP contribution < -0.4 is 16.0 Å². The van der Waals surface area contributed by atoms with Crippen molar-refractivity contribution in [3.8, 4) is 0 Å². The second kappa shape index (κ2) is 5.30. The van der Waals surface area contributed by atoms with Gasteiger partial charge in [0.15, 0.2) is 0 Å². The van der Waals surface area contributed by atoms with E-state index >= 15 is 0 Å². The Morgan fingerprint density at radius 1 is 1.38 bits per heavy atom. The third-order valence-electron chi connectivity index (χ3n) is 3.04. The van der Waals surface area contributed by atoms with Crippen LogP contribution in [0.3, 0.4) is 0 Å². The quantitative estimate of drug-likeness (QED) is 0.584. The van der Waals surface area contributed by atoms with E-state index < -0.39 is 0 Å². The fourth-order valence-electron chi connectivity index (χ4n) is 1.87. The molecule has 0 aromatic heterocycles. The smallest absolute Gasteiger partial charge is 0.242 e. The van der Waals surface area contributed by atoms with Crippen molar-refractivity contribution in [3.05, 3.63) is 0 Å². The Hall–Kier alpha value is -1.10. The number of nitrogens with one attached hydrogen (secondary N) is 3. The lowest BCUT2D eigenvalue weighted by Crippen LogP contribution is -2.51. The summed E-state index contributed by atoms with van der Waals surface area (Å²) in [6, 6.07) is -0.330. The first-order valence-corrected chi connectivity index (χ1v) is 6.03. The van der Waals surface area contributed by atoms with Crippen molar-refractivity contribution in [3.63, 3.8) is 0 Å². The lowest BCUT2D eigenvalue weighted by Gasteiger charge is -2.22. The van der Waals surface area contributed by atoms with Crippen molar-refractivity contribution in [2.75, 3.05) is 19.6 Å². The minimum atomic E-state index is -0.330. The van der Waals surface area contributed by atoms with Crippen LogP contribution in [0.4, 0.5) is 0 Å². The van der Waals surface area contributed by atoms with Crippen LogP contribution in [0.25, 0.3) is 0 Å². The van der Waals surface area contributed by atoms with Gasteiger partial charge in [-0.15, -0.1) is 0 Å². The van der Waals surface area contributed by atoms with Gasteiger partial charge in [0.25, 0.3) is 0 Å². The molecule has 5 nitrogen and oxygen atoms in total. The fourth-order valence-corrected chi connectivity index (χ4v) is 1.87. The number of carbonyl (C=O) groups excluding carboxylic acids is 2. The van der Waals surface area contributed by atoms with E-state index in [0.717, 1.165) is 31.8 Å². The van der Waals surface area contributed by atoms with Crippen LogP contribution in [0.5, 0.6) is 0 Å². The molecule has 0 radical (unpaired) electrons. The van der Waals surface area contributed by atoms with E-state index in [2.05, 4.69) is 16.0 Å². The van der Waals surface area contributed by atoms with Gasteiger partial charge in [-0.25, -0.2) is 0 Å². The molecule has 0 aromatic carbocycles. The second-order valence-electron chi connectivity index (χ2n) is 4.63. The molecule has 2 fully saturated rings. The third-order valence-corrected chi connectivity index (χ3v) is 3.04. The molecule has 2 aliphatic rings. The van der Waals surface area contributed by atoms with Crippen molar-refractivity contribution < 1.29 is 9.59 Å². The summed E-state index contributed by atoms with van der Waals surface area (Å²) in [6.45, 7) is 1.97. The van der Waals surface area contributed by atoms with Crippen LogP contribution in [0.2, 0.25) is 0 Å². The maximum atomic E-state index is 11.5. The van der Waals surface area contributed by atoms with Gasteiger partial charge in [-0.1, -0.05) is 0 Å². The molecule has 1 aliphatic carbocycles. The van der Waals surface area contributed by atoms with E-state index in [9.17, 15) is 9.59 Å². The Morgan fingerprint density at radius 2 is 2.19 bits per heavy atom. The van der Waals surface area contributed by atoms with Crippen LogP contribution in [0.1, 0.15) is 25.7 Å². The van der Waals surface area contributed by atoms with Gasteiger partial charge in [-0.3, -0.25) is 9.59 Å². The highest BCUT2D eigenvalue weighted by Crippen LogP contribution is 2.27. The van der Waals surface area contributed by atoms with Crippen molar-refractivity contribution in [2.24, 2.45) is 5.92 Å². The van der Waals surface area contributed by atoms with Gasteiger partial charge < -0.3 is 16.0 Å². The van der Waals surface area contributed by atoms with Crippen molar-refractivity contribution >= 4 is 11.8 Å². The molecule has 0 spiro atoms. The van der Waals surface area contributed by atoms with Crippen molar-refractivity contribution in [1.29, 1.82) is 0 Å². The molecule has 1 heterocycles. The van der Waals surface area contributed by atoms with E-state index in [-0.39, 0.29) is 17.9 Å². The summed E-state index contributed by atoms with van der Waals surface area (Å²) in [4.78, 5) is 22.9. The topological polar surface area (TPSA) is 70.2 Å². The number of piperidine rings is 1. The fraction of sp³-hybridized carbons (Fsp3) is 0.818. The minimum Gasteiger partial charge on any atom is -0.354 e. The highest BCUT2D eigenvalue weighted by atomic mass is 16.2.